The lowest BCUT2D eigenvalue weighted by molar-refractivity contribution is -0.133. The van der Waals surface area contributed by atoms with Crippen molar-refractivity contribution < 1.29 is 14.0 Å². The number of carbonyl (C=O) groups excluding carboxylic acids is 2. The van der Waals surface area contributed by atoms with Crippen LogP contribution in [0.25, 0.3) is 0 Å². The van der Waals surface area contributed by atoms with Gasteiger partial charge in [-0.3, -0.25) is 9.59 Å². The number of carbonyl (C=O) groups is 2. The molecule has 1 aliphatic heterocycles. The topological polar surface area (TPSA) is 75.4 Å². The Hall–Kier alpha value is -1.95. The maximum Gasteiger partial charge on any atom is 0.251 e. The van der Waals surface area contributed by atoms with Gasteiger partial charge in [0.05, 0.1) is 0 Å². The fraction of sp³-hybridized carbons (Fsp3) is 0.579. The van der Waals surface area contributed by atoms with Gasteiger partial charge in [-0.25, -0.2) is 4.39 Å². The van der Waals surface area contributed by atoms with Crippen LogP contribution in [0.2, 0.25) is 0 Å². The first-order valence-corrected chi connectivity index (χ1v) is 9.12. The van der Waals surface area contributed by atoms with Gasteiger partial charge in [-0.1, -0.05) is 6.42 Å². The Balaban J connectivity index is 1.44. The highest BCUT2D eigenvalue weighted by Crippen LogP contribution is 2.28. The molecule has 0 aromatic heterocycles. The normalized spacial score (nSPS) is 24.3. The van der Waals surface area contributed by atoms with E-state index in [4.69, 9.17) is 5.73 Å². The van der Waals surface area contributed by atoms with Gasteiger partial charge in [0.1, 0.15) is 5.82 Å². The van der Waals surface area contributed by atoms with Crippen molar-refractivity contribution in [2.24, 2.45) is 11.7 Å². The molecule has 2 amide bonds. The fourth-order valence-corrected chi connectivity index (χ4v) is 3.82. The second-order valence-corrected chi connectivity index (χ2v) is 7.19. The smallest absolute Gasteiger partial charge is 0.251 e. The molecule has 0 unspecified atom stereocenters. The van der Waals surface area contributed by atoms with Crippen LogP contribution in [0.1, 0.15) is 48.9 Å². The van der Waals surface area contributed by atoms with Crippen molar-refractivity contribution >= 4 is 11.8 Å². The minimum Gasteiger partial charge on any atom is -0.349 e. The van der Waals surface area contributed by atoms with Crippen molar-refractivity contribution in [2.75, 3.05) is 13.1 Å². The largest absolute Gasteiger partial charge is 0.349 e. The SMILES string of the molecule is N[C@@H]1CCC[C@H]1CC(=O)N1CCC(NC(=O)c2ccc(F)cc2)CC1. The standard InChI is InChI=1S/C19H26FN3O2/c20-15-6-4-13(5-7-15)19(25)22-16-8-10-23(11-9-16)18(24)12-14-2-1-3-17(14)21/h4-7,14,16-17H,1-3,8-12,21H2,(H,22,25)/t14-,17+/m0/s1. The molecular formula is C19H26FN3O2. The first-order chi connectivity index (χ1) is 12.0. The van der Waals surface area contributed by atoms with E-state index in [1.54, 1.807) is 0 Å². The lowest BCUT2D eigenvalue weighted by atomic mass is 9.98. The van der Waals surface area contributed by atoms with E-state index < -0.39 is 0 Å². The minimum atomic E-state index is -0.356. The highest BCUT2D eigenvalue weighted by molar-refractivity contribution is 5.94. The number of benzene rings is 1. The lowest BCUT2D eigenvalue weighted by Crippen LogP contribution is -2.47. The van der Waals surface area contributed by atoms with Crippen LogP contribution in [0.3, 0.4) is 0 Å². The molecule has 0 radical (unpaired) electrons. The van der Waals surface area contributed by atoms with Gasteiger partial charge in [-0.05, 0) is 55.9 Å². The Morgan fingerprint density at radius 2 is 1.80 bits per heavy atom. The molecule has 3 N–H and O–H groups in total. The summed E-state index contributed by atoms with van der Waals surface area (Å²) in [5.74, 6) is -0.0406. The molecule has 6 heteroatoms. The van der Waals surface area contributed by atoms with Crippen LogP contribution in [0.5, 0.6) is 0 Å². The molecule has 25 heavy (non-hydrogen) atoms. The first kappa shape index (κ1) is 17.9. The molecule has 136 valence electrons. The van der Waals surface area contributed by atoms with E-state index in [1.807, 2.05) is 4.90 Å². The first-order valence-electron chi connectivity index (χ1n) is 9.12. The van der Waals surface area contributed by atoms with Crippen molar-refractivity contribution in [2.45, 2.75) is 50.6 Å². The average Bonchev–Trinajstić information content (AvgIpc) is 3.01. The zero-order valence-electron chi connectivity index (χ0n) is 14.4. The van der Waals surface area contributed by atoms with Crippen LogP contribution >= 0.6 is 0 Å². The van der Waals surface area contributed by atoms with Crippen LogP contribution in [0.4, 0.5) is 4.39 Å². The predicted molar refractivity (Wildman–Crippen MR) is 93.4 cm³/mol. The predicted octanol–water partition coefficient (Wildman–Crippen LogP) is 2.06. The third kappa shape index (κ3) is 4.57. The Morgan fingerprint density at radius 1 is 1.12 bits per heavy atom. The number of hydrogen-bond donors (Lipinski definition) is 2. The van der Waals surface area contributed by atoms with Crippen LogP contribution < -0.4 is 11.1 Å². The number of nitrogens with one attached hydrogen (secondary N) is 1. The summed E-state index contributed by atoms with van der Waals surface area (Å²) in [7, 11) is 0. The summed E-state index contributed by atoms with van der Waals surface area (Å²) in [5, 5.41) is 2.97. The molecule has 1 aromatic rings. The molecule has 1 aromatic carbocycles. The highest BCUT2D eigenvalue weighted by Gasteiger charge is 2.30. The van der Waals surface area contributed by atoms with Crippen LogP contribution in [0, 0.1) is 11.7 Å². The maximum absolute atomic E-state index is 12.9. The number of amides is 2. The fourth-order valence-electron chi connectivity index (χ4n) is 3.82. The van der Waals surface area contributed by atoms with Crippen molar-refractivity contribution in [3.05, 3.63) is 35.6 Å². The van der Waals surface area contributed by atoms with Gasteiger partial charge < -0.3 is 16.0 Å². The number of hydrogen-bond acceptors (Lipinski definition) is 3. The van der Waals surface area contributed by atoms with Crippen LogP contribution in [-0.4, -0.2) is 41.9 Å². The third-order valence-electron chi connectivity index (χ3n) is 5.44. The molecule has 2 atom stereocenters. The van der Waals surface area contributed by atoms with Crippen molar-refractivity contribution in [1.29, 1.82) is 0 Å². The van der Waals surface area contributed by atoms with E-state index >= 15 is 0 Å². The van der Waals surface area contributed by atoms with Crippen LogP contribution in [0.15, 0.2) is 24.3 Å². The molecule has 1 saturated heterocycles. The number of halogens is 1. The lowest BCUT2D eigenvalue weighted by Gasteiger charge is -2.33. The molecule has 0 bridgehead atoms. The summed E-state index contributed by atoms with van der Waals surface area (Å²) >= 11 is 0. The van der Waals surface area contributed by atoms with Crippen molar-refractivity contribution in [3.8, 4) is 0 Å². The number of nitrogens with zero attached hydrogens (tertiary/aromatic N) is 1. The average molecular weight is 347 g/mol. The molecule has 0 spiro atoms. The van der Waals surface area contributed by atoms with Gasteiger partial charge in [0, 0.05) is 37.2 Å². The minimum absolute atomic E-state index is 0.0512. The summed E-state index contributed by atoms with van der Waals surface area (Å²) in [6.07, 6.45) is 5.24. The van der Waals surface area contributed by atoms with Gasteiger partial charge in [-0.15, -0.1) is 0 Å². The number of nitrogens with two attached hydrogens (primary N) is 1. The number of likely N-dealkylation sites (tertiary alicyclic amines) is 1. The zero-order valence-corrected chi connectivity index (χ0v) is 14.4. The summed E-state index contributed by atoms with van der Waals surface area (Å²) in [5.41, 5.74) is 6.51. The van der Waals surface area contributed by atoms with Gasteiger partial charge in [0.15, 0.2) is 0 Å². The molecule has 3 rings (SSSR count). The summed E-state index contributed by atoms with van der Waals surface area (Å²) in [6, 6.07) is 5.74. The molecule has 1 saturated carbocycles. The summed E-state index contributed by atoms with van der Waals surface area (Å²) < 4.78 is 12.9. The molecule has 2 fully saturated rings. The maximum atomic E-state index is 12.9. The quantitative estimate of drug-likeness (QED) is 0.875. The van der Waals surface area contributed by atoms with E-state index in [1.165, 1.54) is 24.3 Å². The van der Waals surface area contributed by atoms with Crippen molar-refractivity contribution in [3.63, 3.8) is 0 Å². The molecule has 1 aliphatic carbocycles. The van der Waals surface area contributed by atoms with E-state index in [-0.39, 0.29) is 29.7 Å². The molecule has 5 nitrogen and oxygen atoms in total. The van der Waals surface area contributed by atoms with E-state index in [9.17, 15) is 14.0 Å². The van der Waals surface area contributed by atoms with E-state index in [0.717, 1.165) is 32.1 Å². The second-order valence-electron chi connectivity index (χ2n) is 7.19. The summed E-state index contributed by atoms with van der Waals surface area (Å²) in [6.45, 7) is 1.32. The number of piperidine rings is 1. The van der Waals surface area contributed by atoms with E-state index in [2.05, 4.69) is 5.32 Å². The Kier molecular flexibility index (Phi) is 5.68. The van der Waals surface area contributed by atoms with Crippen LogP contribution in [-0.2, 0) is 4.79 Å². The second kappa shape index (κ2) is 7.95. The van der Waals surface area contributed by atoms with Gasteiger partial charge >= 0.3 is 0 Å². The Morgan fingerprint density at radius 3 is 2.40 bits per heavy atom. The van der Waals surface area contributed by atoms with Gasteiger partial charge in [-0.2, -0.15) is 0 Å². The Bertz CT molecular complexity index is 612. The summed E-state index contributed by atoms with van der Waals surface area (Å²) in [4.78, 5) is 26.5. The highest BCUT2D eigenvalue weighted by atomic mass is 19.1. The molecule has 1 heterocycles. The van der Waals surface area contributed by atoms with Crippen molar-refractivity contribution in [1.82, 2.24) is 10.2 Å². The van der Waals surface area contributed by atoms with Gasteiger partial charge in [0.2, 0.25) is 5.91 Å². The molecule has 2 aliphatic rings. The third-order valence-corrected chi connectivity index (χ3v) is 5.44. The van der Waals surface area contributed by atoms with Gasteiger partial charge in [0.25, 0.3) is 5.91 Å². The number of rotatable bonds is 4. The van der Waals surface area contributed by atoms with E-state index in [0.29, 0.717) is 31.0 Å². The zero-order chi connectivity index (χ0) is 17.8. The Labute approximate surface area is 147 Å². The monoisotopic (exact) mass is 347 g/mol. The molecular weight excluding hydrogens is 321 g/mol.